The normalized spacial score (nSPS) is 10.9. The van der Waals surface area contributed by atoms with E-state index in [2.05, 4.69) is 26.4 Å². The molecule has 0 bridgehead atoms. The lowest BCUT2D eigenvalue weighted by atomic mass is 10.1. The minimum atomic E-state index is -0.603. The van der Waals surface area contributed by atoms with Gasteiger partial charge in [-0.05, 0) is 58.8 Å². The topological polar surface area (TPSA) is 107 Å². The Morgan fingerprint density at radius 2 is 1.97 bits per heavy atom. The maximum atomic E-state index is 12.4. The van der Waals surface area contributed by atoms with Crippen molar-refractivity contribution in [2.45, 2.75) is 6.92 Å². The van der Waals surface area contributed by atoms with E-state index in [-0.39, 0.29) is 11.4 Å². The van der Waals surface area contributed by atoms with Gasteiger partial charge in [0.15, 0.2) is 17.3 Å². The Hall–Kier alpha value is -3.77. The fraction of sp³-hybridized carbons (Fsp3) is 0.174. The summed E-state index contributed by atoms with van der Waals surface area (Å²) < 4.78 is 22.4. The van der Waals surface area contributed by atoms with Crippen molar-refractivity contribution in [3.63, 3.8) is 0 Å². The molecule has 164 valence electrons. The van der Waals surface area contributed by atoms with Crippen molar-refractivity contribution in [1.82, 2.24) is 5.16 Å². The molecule has 2 aromatic carbocycles. The van der Waals surface area contributed by atoms with E-state index in [4.69, 9.17) is 18.7 Å². The lowest BCUT2D eigenvalue weighted by Crippen LogP contribution is -2.13. The first-order chi connectivity index (χ1) is 15.5. The SMILES string of the molecule is COc1cc(/C=C(/C#N)C(=O)Nc2cc(C)on2)cc(Br)c1OCCOc1ccccc1. The van der Waals surface area contributed by atoms with Gasteiger partial charge in [0.05, 0.1) is 11.6 Å². The van der Waals surface area contributed by atoms with Gasteiger partial charge in [-0.25, -0.2) is 0 Å². The summed E-state index contributed by atoms with van der Waals surface area (Å²) in [4.78, 5) is 12.4. The molecule has 0 unspecified atom stereocenters. The number of rotatable bonds is 9. The van der Waals surface area contributed by atoms with Gasteiger partial charge in [0.25, 0.3) is 5.91 Å². The summed E-state index contributed by atoms with van der Waals surface area (Å²) in [5.74, 6) is 1.85. The number of methoxy groups -OCH3 is 1. The summed E-state index contributed by atoms with van der Waals surface area (Å²) in [6.45, 7) is 2.34. The smallest absolute Gasteiger partial charge is 0.267 e. The minimum Gasteiger partial charge on any atom is -0.493 e. The number of hydrogen-bond acceptors (Lipinski definition) is 7. The first-order valence-corrected chi connectivity index (χ1v) is 10.3. The van der Waals surface area contributed by atoms with E-state index in [0.717, 1.165) is 5.75 Å². The van der Waals surface area contributed by atoms with Crippen molar-refractivity contribution in [1.29, 1.82) is 5.26 Å². The molecule has 0 saturated heterocycles. The maximum absolute atomic E-state index is 12.4. The first kappa shape index (κ1) is 22.9. The zero-order valence-electron chi connectivity index (χ0n) is 17.4. The van der Waals surface area contributed by atoms with Gasteiger partial charge in [0.1, 0.15) is 36.4 Å². The second-order valence-electron chi connectivity index (χ2n) is 6.49. The van der Waals surface area contributed by atoms with E-state index in [0.29, 0.717) is 40.5 Å². The first-order valence-electron chi connectivity index (χ1n) is 9.55. The fourth-order valence-corrected chi connectivity index (χ4v) is 3.28. The van der Waals surface area contributed by atoms with Crippen LogP contribution in [0.5, 0.6) is 17.2 Å². The summed E-state index contributed by atoms with van der Waals surface area (Å²) in [7, 11) is 1.51. The fourth-order valence-electron chi connectivity index (χ4n) is 2.71. The summed E-state index contributed by atoms with van der Waals surface area (Å²) in [6.07, 6.45) is 1.44. The van der Waals surface area contributed by atoms with Crippen molar-refractivity contribution < 1.29 is 23.5 Å². The Labute approximate surface area is 193 Å². The van der Waals surface area contributed by atoms with Crippen LogP contribution in [0, 0.1) is 18.3 Å². The van der Waals surface area contributed by atoms with Crippen molar-refractivity contribution in [2.24, 2.45) is 0 Å². The number of aromatic nitrogens is 1. The van der Waals surface area contributed by atoms with Crippen LogP contribution in [0.25, 0.3) is 6.08 Å². The van der Waals surface area contributed by atoms with Crippen LogP contribution in [-0.2, 0) is 4.79 Å². The van der Waals surface area contributed by atoms with Gasteiger partial charge in [-0.1, -0.05) is 23.4 Å². The highest BCUT2D eigenvalue weighted by molar-refractivity contribution is 9.10. The summed E-state index contributed by atoms with van der Waals surface area (Å²) >= 11 is 3.46. The number of nitriles is 1. The van der Waals surface area contributed by atoms with Crippen LogP contribution in [0.1, 0.15) is 11.3 Å². The Morgan fingerprint density at radius 1 is 1.22 bits per heavy atom. The third-order valence-electron chi connectivity index (χ3n) is 4.14. The molecule has 0 spiro atoms. The molecule has 1 amide bonds. The number of hydrogen-bond donors (Lipinski definition) is 1. The molecule has 0 radical (unpaired) electrons. The number of ether oxygens (including phenoxy) is 3. The number of nitrogens with zero attached hydrogens (tertiary/aromatic N) is 2. The average molecular weight is 498 g/mol. The lowest BCUT2D eigenvalue weighted by Gasteiger charge is -2.14. The molecular formula is C23H20BrN3O5. The predicted octanol–water partition coefficient (Wildman–Crippen LogP) is 4.76. The van der Waals surface area contributed by atoms with Gasteiger partial charge in [-0.15, -0.1) is 0 Å². The molecule has 0 fully saturated rings. The number of carbonyl (C=O) groups excluding carboxylic acids is 1. The number of amides is 1. The molecule has 0 aliphatic carbocycles. The summed E-state index contributed by atoms with van der Waals surface area (Å²) in [6, 6.07) is 16.3. The molecule has 0 atom stereocenters. The Bertz CT molecular complexity index is 1150. The third kappa shape index (κ3) is 6.12. The molecule has 0 aliphatic rings. The van der Waals surface area contributed by atoms with E-state index in [1.54, 1.807) is 25.1 Å². The van der Waals surface area contributed by atoms with Crippen molar-refractivity contribution in [2.75, 3.05) is 25.6 Å². The Morgan fingerprint density at radius 3 is 2.62 bits per heavy atom. The highest BCUT2D eigenvalue weighted by Crippen LogP contribution is 2.37. The highest BCUT2D eigenvalue weighted by Gasteiger charge is 2.15. The van der Waals surface area contributed by atoms with Gasteiger partial charge in [0.2, 0.25) is 0 Å². The van der Waals surface area contributed by atoms with Crippen LogP contribution < -0.4 is 19.5 Å². The van der Waals surface area contributed by atoms with Gasteiger partial charge >= 0.3 is 0 Å². The van der Waals surface area contributed by atoms with E-state index in [9.17, 15) is 10.1 Å². The molecule has 1 aromatic heterocycles. The minimum absolute atomic E-state index is 0.107. The number of para-hydroxylation sites is 1. The van der Waals surface area contributed by atoms with Crippen molar-refractivity contribution in [3.05, 3.63) is 69.9 Å². The number of carbonyl (C=O) groups is 1. The zero-order valence-corrected chi connectivity index (χ0v) is 19.0. The number of nitrogens with one attached hydrogen (secondary N) is 1. The summed E-state index contributed by atoms with van der Waals surface area (Å²) in [5.41, 5.74) is 0.467. The number of anilines is 1. The molecule has 32 heavy (non-hydrogen) atoms. The predicted molar refractivity (Wildman–Crippen MR) is 122 cm³/mol. The van der Waals surface area contributed by atoms with Crippen LogP contribution in [-0.4, -0.2) is 31.4 Å². The Kier molecular flexibility index (Phi) is 7.89. The average Bonchev–Trinajstić information content (AvgIpc) is 3.20. The maximum Gasteiger partial charge on any atom is 0.267 e. The van der Waals surface area contributed by atoms with Gasteiger partial charge in [0, 0.05) is 6.07 Å². The van der Waals surface area contributed by atoms with Crippen LogP contribution >= 0.6 is 15.9 Å². The van der Waals surface area contributed by atoms with Gasteiger partial charge in [-0.2, -0.15) is 5.26 Å². The Balaban J connectivity index is 1.69. The second-order valence-corrected chi connectivity index (χ2v) is 7.35. The molecule has 8 nitrogen and oxygen atoms in total. The number of halogens is 1. The van der Waals surface area contributed by atoms with Crippen LogP contribution in [0.15, 0.2) is 63.1 Å². The molecule has 0 saturated carbocycles. The third-order valence-corrected chi connectivity index (χ3v) is 4.73. The number of benzene rings is 2. The van der Waals surface area contributed by atoms with Crippen molar-refractivity contribution in [3.8, 4) is 23.3 Å². The van der Waals surface area contributed by atoms with Crippen LogP contribution in [0.3, 0.4) is 0 Å². The highest BCUT2D eigenvalue weighted by atomic mass is 79.9. The molecule has 0 aliphatic heterocycles. The van der Waals surface area contributed by atoms with E-state index >= 15 is 0 Å². The van der Waals surface area contributed by atoms with Gasteiger partial charge in [-0.3, -0.25) is 4.79 Å². The van der Waals surface area contributed by atoms with Crippen LogP contribution in [0.4, 0.5) is 5.82 Å². The monoisotopic (exact) mass is 497 g/mol. The molecule has 1 N–H and O–H groups in total. The molecule has 3 aromatic rings. The lowest BCUT2D eigenvalue weighted by molar-refractivity contribution is -0.112. The molecule has 9 heteroatoms. The second kappa shape index (κ2) is 11.0. The molecule has 1 heterocycles. The molecular weight excluding hydrogens is 478 g/mol. The zero-order chi connectivity index (χ0) is 22.9. The number of aryl methyl sites for hydroxylation is 1. The molecule has 3 rings (SSSR count). The largest absolute Gasteiger partial charge is 0.493 e. The standard InChI is InChI=1S/C23H20BrN3O5/c1-15-10-21(27-32-15)26-23(28)17(14-25)11-16-12-19(24)22(20(13-16)29-2)31-9-8-30-18-6-4-3-5-7-18/h3-7,10-13H,8-9H2,1-2H3,(H,26,27,28)/b17-11-. The van der Waals surface area contributed by atoms with Crippen molar-refractivity contribution >= 4 is 33.7 Å². The van der Waals surface area contributed by atoms with Crippen LogP contribution in [0.2, 0.25) is 0 Å². The summed E-state index contributed by atoms with van der Waals surface area (Å²) in [5, 5.41) is 15.6. The van der Waals surface area contributed by atoms with E-state index < -0.39 is 5.91 Å². The van der Waals surface area contributed by atoms with Gasteiger partial charge < -0.3 is 24.1 Å². The quantitative estimate of drug-likeness (QED) is 0.258. The van der Waals surface area contributed by atoms with E-state index in [1.807, 2.05) is 36.4 Å². The van der Waals surface area contributed by atoms with E-state index in [1.165, 1.54) is 13.2 Å².